The molecule has 2 fully saturated rings. The monoisotopic (exact) mass is 256 g/mol. The zero-order chi connectivity index (χ0) is 12.7. The van der Waals surface area contributed by atoms with Crippen LogP contribution in [0.15, 0.2) is 18.2 Å². The van der Waals surface area contributed by atoms with Crippen molar-refractivity contribution in [2.24, 2.45) is 5.41 Å². The van der Waals surface area contributed by atoms with Gasteiger partial charge in [-0.3, -0.25) is 0 Å². The predicted molar refractivity (Wildman–Crippen MR) is 81.0 cm³/mol. The Morgan fingerprint density at radius 3 is 2.68 bits per heavy atom. The highest BCUT2D eigenvalue weighted by Gasteiger charge is 2.43. The maximum atomic E-state index is 3.50. The predicted octanol–water partition coefficient (Wildman–Crippen LogP) is 3.82. The Kier molecular flexibility index (Phi) is 2.71. The summed E-state index contributed by atoms with van der Waals surface area (Å²) in [4.78, 5) is 2.60. The van der Waals surface area contributed by atoms with Crippen LogP contribution in [0.2, 0.25) is 0 Å². The first-order valence-electron chi connectivity index (χ1n) is 7.97. The Morgan fingerprint density at radius 1 is 1.00 bits per heavy atom. The molecule has 0 aromatic heterocycles. The van der Waals surface area contributed by atoms with Crippen molar-refractivity contribution in [3.8, 4) is 0 Å². The minimum absolute atomic E-state index is 0.687. The van der Waals surface area contributed by atoms with Crippen LogP contribution >= 0.6 is 0 Å². The minimum atomic E-state index is 0.687. The second-order valence-corrected chi connectivity index (χ2v) is 6.79. The number of nitrogens with zero attached hydrogens (tertiary/aromatic N) is 1. The van der Waals surface area contributed by atoms with Crippen molar-refractivity contribution in [2.75, 3.05) is 29.9 Å². The Labute approximate surface area is 116 Å². The number of hydrogen-bond donors (Lipinski definition) is 1. The lowest BCUT2D eigenvalue weighted by atomic mass is 9.68. The van der Waals surface area contributed by atoms with E-state index >= 15 is 0 Å². The van der Waals surface area contributed by atoms with Crippen molar-refractivity contribution in [3.05, 3.63) is 23.8 Å². The lowest BCUT2D eigenvalue weighted by molar-refractivity contribution is 0.139. The Bertz CT molecular complexity index is 466. The number of nitrogens with one attached hydrogen (secondary N) is 1. The van der Waals surface area contributed by atoms with Gasteiger partial charge in [0.25, 0.3) is 0 Å². The molecule has 1 spiro atoms. The molecule has 2 heteroatoms. The van der Waals surface area contributed by atoms with Gasteiger partial charge in [0.2, 0.25) is 0 Å². The molecule has 3 aliphatic rings. The third-order valence-corrected chi connectivity index (χ3v) is 5.36. The summed E-state index contributed by atoms with van der Waals surface area (Å²) in [6, 6.07) is 7.03. The number of benzene rings is 1. The molecule has 0 amide bonds. The number of hydrogen-bond acceptors (Lipinski definition) is 2. The molecular weight excluding hydrogens is 232 g/mol. The Hall–Kier alpha value is -1.18. The third kappa shape index (κ3) is 2.01. The average molecular weight is 256 g/mol. The molecule has 19 heavy (non-hydrogen) atoms. The second-order valence-electron chi connectivity index (χ2n) is 6.79. The van der Waals surface area contributed by atoms with Crippen LogP contribution in [0.4, 0.5) is 11.4 Å². The second kappa shape index (κ2) is 4.43. The largest absolute Gasteiger partial charge is 0.385 e. The van der Waals surface area contributed by atoms with Crippen LogP contribution in [0.3, 0.4) is 0 Å². The van der Waals surface area contributed by atoms with Gasteiger partial charge in [-0.05, 0) is 49.4 Å². The maximum Gasteiger partial charge on any atom is 0.0374 e. The molecule has 0 radical (unpaired) electrons. The molecule has 1 saturated carbocycles. The first-order valence-corrected chi connectivity index (χ1v) is 7.97. The van der Waals surface area contributed by atoms with Gasteiger partial charge in [0.15, 0.2) is 0 Å². The Balaban J connectivity index is 1.49. The van der Waals surface area contributed by atoms with Crippen LogP contribution in [-0.4, -0.2) is 19.6 Å². The summed E-state index contributed by atoms with van der Waals surface area (Å²) in [5.41, 5.74) is 5.03. The van der Waals surface area contributed by atoms with E-state index < -0.39 is 0 Å². The summed E-state index contributed by atoms with van der Waals surface area (Å²) in [5, 5.41) is 3.50. The molecule has 0 bridgehead atoms. The minimum Gasteiger partial charge on any atom is -0.385 e. The number of anilines is 2. The topological polar surface area (TPSA) is 15.3 Å². The van der Waals surface area contributed by atoms with Crippen molar-refractivity contribution < 1.29 is 0 Å². The molecule has 4 rings (SSSR count). The lowest BCUT2D eigenvalue weighted by Crippen LogP contribution is -2.57. The first kappa shape index (κ1) is 11.6. The van der Waals surface area contributed by atoms with Gasteiger partial charge in [0.1, 0.15) is 0 Å². The van der Waals surface area contributed by atoms with Gasteiger partial charge in [-0.25, -0.2) is 0 Å². The summed E-state index contributed by atoms with van der Waals surface area (Å²) < 4.78 is 0. The van der Waals surface area contributed by atoms with Gasteiger partial charge in [0, 0.05) is 36.4 Å². The molecule has 102 valence electrons. The van der Waals surface area contributed by atoms with Crippen LogP contribution in [0, 0.1) is 5.41 Å². The number of rotatable bonds is 1. The fourth-order valence-corrected chi connectivity index (χ4v) is 4.22. The molecule has 2 aliphatic heterocycles. The fourth-order valence-electron chi connectivity index (χ4n) is 4.22. The van der Waals surface area contributed by atoms with Crippen LogP contribution in [0.1, 0.15) is 44.1 Å². The quantitative estimate of drug-likeness (QED) is 0.822. The van der Waals surface area contributed by atoms with E-state index in [1.54, 1.807) is 0 Å². The molecular formula is C17H24N2. The fraction of sp³-hybridized carbons (Fsp3) is 0.647. The van der Waals surface area contributed by atoms with Crippen molar-refractivity contribution >= 4 is 11.4 Å². The van der Waals surface area contributed by atoms with Gasteiger partial charge in [-0.15, -0.1) is 0 Å². The molecule has 0 atom stereocenters. The van der Waals surface area contributed by atoms with E-state index in [9.17, 15) is 0 Å². The highest BCUT2D eigenvalue weighted by atomic mass is 15.2. The van der Waals surface area contributed by atoms with Crippen molar-refractivity contribution in [1.82, 2.24) is 0 Å². The van der Waals surface area contributed by atoms with Gasteiger partial charge < -0.3 is 10.2 Å². The lowest BCUT2D eigenvalue weighted by Gasteiger charge is -2.53. The van der Waals surface area contributed by atoms with Crippen LogP contribution in [0.5, 0.6) is 0 Å². The highest BCUT2D eigenvalue weighted by molar-refractivity contribution is 5.62. The van der Waals surface area contributed by atoms with Gasteiger partial charge in [0.05, 0.1) is 0 Å². The molecule has 2 heterocycles. The Morgan fingerprint density at radius 2 is 1.84 bits per heavy atom. The van der Waals surface area contributed by atoms with Gasteiger partial charge >= 0.3 is 0 Å². The molecule has 1 N–H and O–H groups in total. The molecule has 1 saturated heterocycles. The molecule has 1 aromatic rings. The highest BCUT2D eigenvalue weighted by Crippen LogP contribution is 2.45. The zero-order valence-corrected chi connectivity index (χ0v) is 11.8. The summed E-state index contributed by atoms with van der Waals surface area (Å²) in [5.74, 6) is 0. The van der Waals surface area contributed by atoms with E-state index in [-0.39, 0.29) is 0 Å². The van der Waals surface area contributed by atoms with Crippen LogP contribution in [-0.2, 0) is 6.42 Å². The number of aryl methyl sites for hydroxylation is 1. The van der Waals surface area contributed by atoms with Gasteiger partial charge in [-0.2, -0.15) is 0 Å². The smallest absolute Gasteiger partial charge is 0.0374 e. The summed E-state index contributed by atoms with van der Waals surface area (Å²) in [6.07, 6.45) is 9.84. The average Bonchev–Trinajstić information content (AvgIpc) is 2.45. The van der Waals surface area contributed by atoms with E-state index in [2.05, 4.69) is 28.4 Å². The van der Waals surface area contributed by atoms with E-state index in [0.29, 0.717) is 5.41 Å². The van der Waals surface area contributed by atoms with Crippen molar-refractivity contribution in [2.45, 2.75) is 44.9 Å². The van der Waals surface area contributed by atoms with Crippen molar-refractivity contribution in [1.29, 1.82) is 0 Å². The summed E-state index contributed by atoms with van der Waals surface area (Å²) in [6.45, 7) is 3.75. The maximum absolute atomic E-state index is 3.50. The third-order valence-electron chi connectivity index (χ3n) is 5.36. The normalized spacial score (nSPS) is 24.5. The SMILES string of the molecule is c1cc2c(cc1N1CC3(CCCCC3)C1)CCCN2. The van der Waals surface area contributed by atoms with Crippen molar-refractivity contribution in [3.63, 3.8) is 0 Å². The molecule has 1 aliphatic carbocycles. The standard InChI is InChI=1S/C17H24N2/c1-2-8-17(9-3-1)12-19(13-17)15-6-7-16-14(11-15)5-4-10-18-16/h6-7,11,18H,1-5,8-10,12-13H2. The molecule has 0 unspecified atom stereocenters. The van der Waals surface area contributed by atoms with E-state index in [1.165, 1.54) is 75.0 Å². The van der Waals surface area contributed by atoms with E-state index in [0.717, 1.165) is 6.54 Å². The molecule has 2 nitrogen and oxygen atoms in total. The summed E-state index contributed by atoms with van der Waals surface area (Å²) in [7, 11) is 0. The zero-order valence-electron chi connectivity index (χ0n) is 11.8. The van der Waals surface area contributed by atoms with Crippen LogP contribution < -0.4 is 10.2 Å². The van der Waals surface area contributed by atoms with Crippen LogP contribution in [0.25, 0.3) is 0 Å². The number of fused-ring (bicyclic) bond motifs is 1. The van der Waals surface area contributed by atoms with Gasteiger partial charge in [-0.1, -0.05) is 19.3 Å². The van der Waals surface area contributed by atoms with E-state index in [1.807, 2.05) is 0 Å². The molecule has 1 aromatic carbocycles. The summed E-state index contributed by atoms with van der Waals surface area (Å²) >= 11 is 0. The first-order chi connectivity index (χ1) is 9.35. The van der Waals surface area contributed by atoms with E-state index in [4.69, 9.17) is 0 Å².